The first-order valence-corrected chi connectivity index (χ1v) is 7.08. The quantitative estimate of drug-likeness (QED) is 0.744. The van der Waals surface area contributed by atoms with Gasteiger partial charge < -0.3 is 10.4 Å². The number of nitrogens with zero attached hydrogens (tertiary/aromatic N) is 1. The van der Waals surface area contributed by atoms with Crippen molar-refractivity contribution in [3.8, 4) is 0 Å². The minimum absolute atomic E-state index is 0.0734. The normalized spacial score (nSPS) is 17.1. The van der Waals surface area contributed by atoms with E-state index in [1.54, 1.807) is 6.20 Å². The molecule has 1 amide bonds. The van der Waals surface area contributed by atoms with Gasteiger partial charge in [-0.25, -0.2) is 0 Å². The summed E-state index contributed by atoms with van der Waals surface area (Å²) in [5.74, 6) is -0.330. The summed E-state index contributed by atoms with van der Waals surface area (Å²) in [5.41, 5.74) is 0.583. The van der Waals surface area contributed by atoms with Crippen molar-refractivity contribution in [2.45, 2.75) is 51.9 Å². The van der Waals surface area contributed by atoms with Gasteiger partial charge in [-0.3, -0.25) is 14.7 Å². The third kappa shape index (κ3) is 3.37. The van der Waals surface area contributed by atoms with Gasteiger partial charge in [-0.1, -0.05) is 19.8 Å². The van der Waals surface area contributed by atoms with E-state index in [0.717, 1.165) is 37.7 Å². The summed E-state index contributed by atoms with van der Waals surface area (Å²) in [6.07, 6.45) is 6.46. The van der Waals surface area contributed by atoms with E-state index >= 15 is 0 Å². The molecule has 0 saturated heterocycles. The van der Waals surface area contributed by atoms with Crippen LogP contribution in [0.3, 0.4) is 0 Å². The molecule has 110 valence electrons. The van der Waals surface area contributed by atoms with Crippen LogP contribution in [0, 0.1) is 5.41 Å². The average molecular weight is 279 g/mol. The highest BCUT2D eigenvalue weighted by molar-refractivity contribution is 5.91. The average Bonchev–Trinajstić information content (AvgIpc) is 2.97. The van der Waals surface area contributed by atoms with E-state index in [4.69, 9.17) is 5.11 Å². The summed E-state index contributed by atoms with van der Waals surface area (Å²) in [5, 5.41) is 18.5. The third-order valence-corrected chi connectivity index (χ3v) is 4.09. The number of aryl methyl sites for hydroxylation is 1. The SMILES string of the molecule is CCc1cn[nH]c1NC(=O)CC1(CC(=O)O)CCCC1. The third-order valence-electron chi connectivity index (χ3n) is 4.09. The summed E-state index contributed by atoms with van der Waals surface area (Å²) in [7, 11) is 0. The molecule has 0 unspecified atom stereocenters. The second kappa shape index (κ2) is 6.07. The summed E-state index contributed by atoms with van der Waals surface area (Å²) < 4.78 is 0. The van der Waals surface area contributed by atoms with Crippen molar-refractivity contribution in [1.29, 1.82) is 0 Å². The zero-order valence-corrected chi connectivity index (χ0v) is 11.7. The van der Waals surface area contributed by atoms with E-state index in [0.29, 0.717) is 5.82 Å². The predicted molar refractivity (Wildman–Crippen MR) is 74.4 cm³/mol. The van der Waals surface area contributed by atoms with E-state index in [9.17, 15) is 9.59 Å². The van der Waals surface area contributed by atoms with Gasteiger partial charge in [-0.05, 0) is 24.7 Å². The summed E-state index contributed by atoms with van der Waals surface area (Å²) >= 11 is 0. The molecule has 1 aliphatic carbocycles. The van der Waals surface area contributed by atoms with Crippen molar-refractivity contribution in [2.24, 2.45) is 5.41 Å². The van der Waals surface area contributed by atoms with E-state index in [-0.39, 0.29) is 24.2 Å². The minimum Gasteiger partial charge on any atom is -0.481 e. The predicted octanol–water partition coefficient (Wildman–Crippen LogP) is 2.34. The molecule has 0 atom stereocenters. The molecule has 1 aliphatic rings. The van der Waals surface area contributed by atoms with Crippen LogP contribution in [0.15, 0.2) is 6.20 Å². The summed E-state index contributed by atoms with van der Waals surface area (Å²) in [4.78, 5) is 23.2. The molecular weight excluding hydrogens is 258 g/mol. The molecule has 1 heterocycles. The highest BCUT2D eigenvalue weighted by Crippen LogP contribution is 2.44. The van der Waals surface area contributed by atoms with Gasteiger partial charge in [0.2, 0.25) is 5.91 Å². The Hall–Kier alpha value is -1.85. The maximum absolute atomic E-state index is 12.2. The van der Waals surface area contributed by atoms with Crippen molar-refractivity contribution in [1.82, 2.24) is 10.2 Å². The Labute approximate surface area is 118 Å². The lowest BCUT2D eigenvalue weighted by molar-refractivity contribution is -0.140. The molecule has 0 radical (unpaired) electrons. The first-order chi connectivity index (χ1) is 9.54. The van der Waals surface area contributed by atoms with E-state index < -0.39 is 5.97 Å². The summed E-state index contributed by atoms with van der Waals surface area (Å²) in [6.45, 7) is 1.99. The Kier molecular flexibility index (Phi) is 4.42. The minimum atomic E-state index is -0.824. The number of hydrogen-bond donors (Lipinski definition) is 3. The highest BCUT2D eigenvalue weighted by atomic mass is 16.4. The Morgan fingerprint density at radius 2 is 2.10 bits per heavy atom. The molecule has 0 aliphatic heterocycles. The van der Waals surface area contributed by atoms with Crippen LogP contribution in [0.4, 0.5) is 5.82 Å². The Morgan fingerprint density at radius 1 is 1.40 bits per heavy atom. The second-order valence-electron chi connectivity index (χ2n) is 5.63. The van der Waals surface area contributed by atoms with Gasteiger partial charge in [0.15, 0.2) is 0 Å². The van der Waals surface area contributed by atoms with Gasteiger partial charge >= 0.3 is 5.97 Å². The molecule has 3 N–H and O–H groups in total. The first kappa shape index (κ1) is 14.6. The van der Waals surface area contributed by atoms with Crippen LogP contribution in [0.25, 0.3) is 0 Å². The van der Waals surface area contributed by atoms with Gasteiger partial charge in [0.1, 0.15) is 5.82 Å². The van der Waals surface area contributed by atoms with Crippen LogP contribution >= 0.6 is 0 Å². The topological polar surface area (TPSA) is 95.1 Å². The first-order valence-electron chi connectivity index (χ1n) is 7.08. The number of carbonyl (C=O) groups excluding carboxylic acids is 1. The maximum atomic E-state index is 12.2. The van der Waals surface area contributed by atoms with Gasteiger partial charge in [-0.2, -0.15) is 5.10 Å². The van der Waals surface area contributed by atoms with Crippen LogP contribution in [0.5, 0.6) is 0 Å². The molecule has 20 heavy (non-hydrogen) atoms. The van der Waals surface area contributed by atoms with Crippen LogP contribution < -0.4 is 5.32 Å². The van der Waals surface area contributed by atoms with Gasteiger partial charge in [0.05, 0.1) is 12.6 Å². The molecule has 0 spiro atoms. The molecule has 0 aromatic carbocycles. The van der Waals surface area contributed by atoms with Crippen molar-refractivity contribution in [2.75, 3.05) is 5.32 Å². The Balaban J connectivity index is 2.00. The number of hydrogen-bond acceptors (Lipinski definition) is 3. The monoisotopic (exact) mass is 279 g/mol. The molecule has 1 aromatic rings. The molecule has 1 fully saturated rings. The molecular formula is C14H21N3O3. The second-order valence-corrected chi connectivity index (χ2v) is 5.63. The van der Waals surface area contributed by atoms with Crippen LogP contribution in [-0.4, -0.2) is 27.2 Å². The standard InChI is InChI=1S/C14H21N3O3/c1-2-10-9-15-17-13(10)16-11(18)7-14(8-12(19)20)5-3-4-6-14/h9H,2-8H2,1H3,(H,19,20)(H2,15,16,17,18). The summed E-state index contributed by atoms with van der Waals surface area (Å²) in [6, 6.07) is 0. The number of carboxylic acid groups (broad SMARTS) is 1. The van der Waals surface area contributed by atoms with Crippen LogP contribution in [0.1, 0.15) is 51.0 Å². The number of amides is 1. The number of H-pyrrole nitrogens is 1. The zero-order chi connectivity index (χ0) is 14.6. The van der Waals surface area contributed by atoms with E-state index in [1.165, 1.54) is 0 Å². The fraction of sp³-hybridized carbons (Fsp3) is 0.643. The highest BCUT2D eigenvalue weighted by Gasteiger charge is 2.38. The number of nitrogens with one attached hydrogen (secondary N) is 2. The fourth-order valence-electron chi connectivity index (χ4n) is 3.07. The number of aromatic nitrogens is 2. The molecule has 6 nitrogen and oxygen atoms in total. The Bertz CT molecular complexity index is 490. The number of rotatable bonds is 6. The number of carboxylic acids is 1. The molecule has 2 rings (SSSR count). The fourth-order valence-corrected chi connectivity index (χ4v) is 3.07. The molecule has 0 bridgehead atoms. The number of aromatic amines is 1. The molecule has 6 heteroatoms. The van der Waals surface area contributed by atoms with Crippen molar-refractivity contribution >= 4 is 17.7 Å². The number of carbonyl (C=O) groups is 2. The van der Waals surface area contributed by atoms with Crippen LogP contribution in [0.2, 0.25) is 0 Å². The lowest BCUT2D eigenvalue weighted by atomic mass is 9.79. The van der Waals surface area contributed by atoms with Crippen molar-refractivity contribution < 1.29 is 14.7 Å². The largest absolute Gasteiger partial charge is 0.481 e. The molecule has 1 saturated carbocycles. The lowest BCUT2D eigenvalue weighted by Gasteiger charge is -2.26. The molecule has 1 aromatic heterocycles. The van der Waals surface area contributed by atoms with E-state index in [2.05, 4.69) is 15.5 Å². The van der Waals surface area contributed by atoms with Gasteiger partial charge in [-0.15, -0.1) is 0 Å². The van der Waals surface area contributed by atoms with Crippen molar-refractivity contribution in [3.05, 3.63) is 11.8 Å². The van der Waals surface area contributed by atoms with Gasteiger partial charge in [0.25, 0.3) is 0 Å². The van der Waals surface area contributed by atoms with Crippen LogP contribution in [-0.2, 0) is 16.0 Å². The maximum Gasteiger partial charge on any atom is 0.303 e. The smallest absolute Gasteiger partial charge is 0.303 e. The van der Waals surface area contributed by atoms with Crippen molar-refractivity contribution in [3.63, 3.8) is 0 Å². The zero-order valence-electron chi connectivity index (χ0n) is 11.7. The van der Waals surface area contributed by atoms with Gasteiger partial charge in [0, 0.05) is 12.0 Å². The lowest BCUT2D eigenvalue weighted by Crippen LogP contribution is -2.28. The number of aliphatic carboxylic acids is 1. The number of anilines is 1. The Morgan fingerprint density at radius 3 is 2.70 bits per heavy atom. The van der Waals surface area contributed by atoms with E-state index in [1.807, 2.05) is 6.92 Å².